The molecule has 0 amide bonds. The summed E-state index contributed by atoms with van der Waals surface area (Å²) < 4.78 is 14.6. The first-order chi connectivity index (χ1) is 8.56. The van der Waals surface area contributed by atoms with E-state index in [4.69, 9.17) is 0 Å². The Hall–Kier alpha value is -2.51. The molecule has 94 valence electrons. The number of nitrogens with zero attached hydrogens (tertiary/aromatic N) is 4. The quantitative estimate of drug-likeness (QED) is 0.657. The number of aryl methyl sites for hydroxylation is 1. The lowest BCUT2D eigenvalue weighted by Gasteiger charge is -2.04. The van der Waals surface area contributed by atoms with Gasteiger partial charge in [-0.2, -0.15) is 0 Å². The highest BCUT2D eigenvalue weighted by Crippen LogP contribution is 2.25. The fraction of sp³-hybridized carbons (Fsp3) is 0.200. The number of hydrogen-bond donors (Lipinski definition) is 1. The number of rotatable bonds is 4. The monoisotopic (exact) mass is 251 g/mol. The van der Waals surface area contributed by atoms with Gasteiger partial charge in [-0.05, 0) is 6.07 Å². The van der Waals surface area contributed by atoms with Crippen LogP contribution in [-0.2, 0) is 13.6 Å². The SMILES string of the molecule is Cn1cc(CNc2cc(F)ccc2[N+](=O)[O-])nn1. The highest BCUT2D eigenvalue weighted by Gasteiger charge is 2.14. The molecule has 0 aliphatic heterocycles. The standard InChI is InChI=1S/C10H10FN5O2/c1-15-6-8(13-14-15)5-12-9-4-7(11)2-3-10(9)16(17)18/h2-4,6,12H,5H2,1H3. The minimum atomic E-state index is -0.571. The Morgan fingerprint density at radius 3 is 2.94 bits per heavy atom. The van der Waals surface area contributed by atoms with Gasteiger partial charge in [0.25, 0.3) is 5.69 Å². The van der Waals surface area contributed by atoms with Gasteiger partial charge < -0.3 is 5.32 Å². The number of anilines is 1. The van der Waals surface area contributed by atoms with Gasteiger partial charge in [-0.25, -0.2) is 4.39 Å². The molecule has 8 heteroatoms. The molecule has 0 saturated carbocycles. The summed E-state index contributed by atoms with van der Waals surface area (Å²) in [6.45, 7) is 0.234. The van der Waals surface area contributed by atoms with E-state index < -0.39 is 10.7 Å². The maximum Gasteiger partial charge on any atom is 0.292 e. The van der Waals surface area contributed by atoms with Gasteiger partial charge in [0.1, 0.15) is 17.2 Å². The van der Waals surface area contributed by atoms with Crippen molar-refractivity contribution in [1.82, 2.24) is 15.0 Å². The van der Waals surface area contributed by atoms with Crippen LogP contribution in [0.1, 0.15) is 5.69 Å². The third-order valence-corrected chi connectivity index (χ3v) is 2.27. The highest BCUT2D eigenvalue weighted by molar-refractivity contribution is 5.61. The fourth-order valence-corrected chi connectivity index (χ4v) is 1.47. The molecule has 1 N–H and O–H groups in total. The van der Waals surface area contributed by atoms with E-state index in [-0.39, 0.29) is 17.9 Å². The minimum Gasteiger partial charge on any atom is -0.374 e. The first-order valence-corrected chi connectivity index (χ1v) is 5.09. The zero-order chi connectivity index (χ0) is 13.1. The molecule has 0 saturated heterocycles. The third kappa shape index (κ3) is 2.59. The molecule has 2 rings (SSSR count). The van der Waals surface area contributed by atoms with Crippen LogP contribution < -0.4 is 5.32 Å². The molecule has 1 aromatic heterocycles. The van der Waals surface area contributed by atoms with Crippen LogP contribution >= 0.6 is 0 Å². The van der Waals surface area contributed by atoms with Crippen molar-refractivity contribution in [2.45, 2.75) is 6.54 Å². The van der Waals surface area contributed by atoms with Crippen molar-refractivity contribution in [3.8, 4) is 0 Å². The third-order valence-electron chi connectivity index (χ3n) is 2.27. The van der Waals surface area contributed by atoms with E-state index in [1.54, 1.807) is 13.2 Å². The summed E-state index contributed by atoms with van der Waals surface area (Å²) in [6, 6.07) is 3.24. The molecule has 2 aromatic rings. The van der Waals surface area contributed by atoms with E-state index in [9.17, 15) is 14.5 Å². The summed E-state index contributed by atoms with van der Waals surface area (Å²) in [6.07, 6.45) is 1.66. The van der Waals surface area contributed by atoms with Gasteiger partial charge in [-0.15, -0.1) is 5.10 Å². The summed E-state index contributed by atoms with van der Waals surface area (Å²) >= 11 is 0. The van der Waals surface area contributed by atoms with Crippen LogP contribution in [0.3, 0.4) is 0 Å². The summed E-state index contributed by atoms with van der Waals surface area (Å²) in [7, 11) is 1.71. The van der Waals surface area contributed by atoms with Crippen molar-refractivity contribution in [1.29, 1.82) is 0 Å². The molecule has 0 atom stereocenters. The largest absolute Gasteiger partial charge is 0.374 e. The molecule has 0 unspecified atom stereocenters. The van der Waals surface area contributed by atoms with Crippen molar-refractivity contribution < 1.29 is 9.31 Å². The van der Waals surface area contributed by atoms with Crippen LogP contribution in [0.15, 0.2) is 24.4 Å². The Labute approximate surface area is 101 Å². The fourth-order valence-electron chi connectivity index (χ4n) is 1.47. The van der Waals surface area contributed by atoms with Crippen molar-refractivity contribution in [3.63, 3.8) is 0 Å². The molecular formula is C10H10FN5O2. The molecule has 7 nitrogen and oxygen atoms in total. The Balaban J connectivity index is 2.17. The second-order valence-electron chi connectivity index (χ2n) is 3.66. The Morgan fingerprint density at radius 1 is 1.56 bits per heavy atom. The summed E-state index contributed by atoms with van der Waals surface area (Å²) in [5.74, 6) is -0.540. The first-order valence-electron chi connectivity index (χ1n) is 5.09. The molecule has 1 aromatic carbocycles. The smallest absolute Gasteiger partial charge is 0.292 e. The van der Waals surface area contributed by atoms with Crippen molar-refractivity contribution in [2.75, 3.05) is 5.32 Å². The predicted octanol–water partition coefficient (Wildman–Crippen LogP) is 1.47. The second kappa shape index (κ2) is 4.78. The number of hydrogen-bond acceptors (Lipinski definition) is 5. The zero-order valence-electron chi connectivity index (χ0n) is 9.50. The maximum absolute atomic E-state index is 13.0. The highest BCUT2D eigenvalue weighted by atomic mass is 19.1. The average molecular weight is 251 g/mol. The number of nitrogens with one attached hydrogen (secondary N) is 1. The average Bonchev–Trinajstić information content (AvgIpc) is 2.72. The van der Waals surface area contributed by atoms with Crippen molar-refractivity contribution >= 4 is 11.4 Å². The molecule has 0 aliphatic carbocycles. The Bertz CT molecular complexity index is 583. The van der Waals surface area contributed by atoms with E-state index in [1.165, 1.54) is 4.68 Å². The Morgan fingerprint density at radius 2 is 2.33 bits per heavy atom. The van der Waals surface area contributed by atoms with Gasteiger partial charge in [0.05, 0.1) is 11.5 Å². The lowest BCUT2D eigenvalue weighted by molar-refractivity contribution is -0.384. The van der Waals surface area contributed by atoms with Crippen LogP contribution in [0.2, 0.25) is 0 Å². The number of nitro benzene ring substituents is 1. The van der Waals surface area contributed by atoms with Gasteiger partial charge in [-0.1, -0.05) is 5.21 Å². The molecule has 18 heavy (non-hydrogen) atoms. The van der Waals surface area contributed by atoms with Gasteiger partial charge in [0, 0.05) is 25.4 Å². The van der Waals surface area contributed by atoms with Crippen LogP contribution in [-0.4, -0.2) is 19.9 Å². The normalized spacial score (nSPS) is 10.3. The Kier molecular flexibility index (Phi) is 3.18. The van der Waals surface area contributed by atoms with E-state index in [0.29, 0.717) is 5.69 Å². The minimum absolute atomic E-state index is 0.116. The molecule has 0 radical (unpaired) electrons. The van der Waals surface area contributed by atoms with E-state index in [2.05, 4.69) is 15.6 Å². The molecular weight excluding hydrogens is 241 g/mol. The van der Waals surface area contributed by atoms with E-state index in [1.807, 2.05) is 0 Å². The van der Waals surface area contributed by atoms with Crippen molar-refractivity contribution in [2.24, 2.45) is 7.05 Å². The summed E-state index contributed by atoms with van der Waals surface area (Å²) in [5, 5.41) is 21.1. The molecule has 1 heterocycles. The number of halogens is 1. The van der Waals surface area contributed by atoms with Gasteiger partial charge in [0.15, 0.2) is 0 Å². The first kappa shape index (κ1) is 12.0. The predicted molar refractivity (Wildman–Crippen MR) is 61.4 cm³/mol. The number of aromatic nitrogens is 3. The van der Waals surface area contributed by atoms with Gasteiger partial charge in [-0.3, -0.25) is 14.8 Å². The second-order valence-corrected chi connectivity index (χ2v) is 3.66. The topological polar surface area (TPSA) is 85.9 Å². The van der Waals surface area contributed by atoms with Gasteiger partial charge in [0.2, 0.25) is 0 Å². The lowest BCUT2D eigenvalue weighted by Crippen LogP contribution is -2.03. The molecule has 0 aliphatic rings. The number of benzene rings is 1. The van der Waals surface area contributed by atoms with E-state index >= 15 is 0 Å². The van der Waals surface area contributed by atoms with E-state index in [0.717, 1.165) is 18.2 Å². The van der Waals surface area contributed by atoms with Crippen LogP contribution in [0.25, 0.3) is 0 Å². The molecule has 0 fully saturated rings. The van der Waals surface area contributed by atoms with Crippen LogP contribution in [0.4, 0.5) is 15.8 Å². The maximum atomic E-state index is 13.0. The van der Waals surface area contributed by atoms with Crippen LogP contribution in [0, 0.1) is 15.9 Å². The van der Waals surface area contributed by atoms with Gasteiger partial charge >= 0.3 is 0 Å². The number of nitro groups is 1. The molecule has 0 bridgehead atoms. The summed E-state index contributed by atoms with van der Waals surface area (Å²) in [5.41, 5.74) is 0.544. The molecule has 0 spiro atoms. The lowest BCUT2D eigenvalue weighted by atomic mass is 10.2. The van der Waals surface area contributed by atoms with Crippen molar-refractivity contribution in [3.05, 3.63) is 46.0 Å². The van der Waals surface area contributed by atoms with Crippen LogP contribution in [0.5, 0.6) is 0 Å². The zero-order valence-corrected chi connectivity index (χ0v) is 9.50. The summed E-state index contributed by atoms with van der Waals surface area (Å²) in [4.78, 5) is 10.2.